The van der Waals surface area contributed by atoms with E-state index in [1.165, 1.54) is 4.68 Å². The summed E-state index contributed by atoms with van der Waals surface area (Å²) in [5.74, 6) is 0.348. The summed E-state index contributed by atoms with van der Waals surface area (Å²) >= 11 is 0. The van der Waals surface area contributed by atoms with Crippen molar-refractivity contribution in [3.8, 4) is 0 Å². The van der Waals surface area contributed by atoms with Gasteiger partial charge in [-0.25, -0.2) is 21.5 Å². The molecule has 0 aliphatic carbocycles. The number of nitrogen functional groups attached to an aromatic ring is 1. The van der Waals surface area contributed by atoms with Crippen LogP contribution in [0.3, 0.4) is 0 Å². The van der Waals surface area contributed by atoms with Crippen LogP contribution in [0.25, 0.3) is 0 Å². The van der Waals surface area contributed by atoms with Crippen molar-refractivity contribution in [2.24, 2.45) is 0 Å². The number of hydrogen-bond acceptors (Lipinski definition) is 6. The van der Waals surface area contributed by atoms with Gasteiger partial charge in [0.1, 0.15) is 5.82 Å². The van der Waals surface area contributed by atoms with E-state index >= 15 is 0 Å². The zero-order chi connectivity index (χ0) is 16.0. The van der Waals surface area contributed by atoms with Crippen molar-refractivity contribution in [2.75, 3.05) is 23.5 Å². The van der Waals surface area contributed by atoms with Crippen LogP contribution in [-0.2, 0) is 25.4 Å². The van der Waals surface area contributed by atoms with Gasteiger partial charge in [-0.3, -0.25) is 0 Å². The third kappa shape index (κ3) is 3.57. The largest absolute Gasteiger partial charge is 0.384 e. The summed E-state index contributed by atoms with van der Waals surface area (Å²) < 4.78 is 47.8. The van der Waals surface area contributed by atoms with Gasteiger partial charge in [0.25, 0.3) is 0 Å². The first-order valence-electron chi connectivity index (χ1n) is 6.75. The summed E-state index contributed by atoms with van der Waals surface area (Å²) in [5, 5.41) is 4.31. The maximum atomic E-state index is 11.6. The highest BCUT2D eigenvalue weighted by Gasteiger charge is 2.33. The molecule has 0 aromatic carbocycles. The van der Waals surface area contributed by atoms with Crippen molar-refractivity contribution in [3.05, 3.63) is 11.3 Å². The highest BCUT2D eigenvalue weighted by molar-refractivity contribution is 7.91. The standard InChI is InChI=1S/C12H21N3O4S2/c1-8(2)11-10(7-20(3,16)17)14-15(12(11)13)9-4-5-21(18,19)6-9/h8-9H,4-7,13H2,1-3H3. The summed E-state index contributed by atoms with van der Waals surface area (Å²) in [6, 6.07) is -0.305. The molecule has 0 bridgehead atoms. The van der Waals surface area contributed by atoms with E-state index in [1.807, 2.05) is 13.8 Å². The molecule has 2 N–H and O–H groups in total. The molecular weight excluding hydrogens is 314 g/mol. The third-order valence-corrected chi connectivity index (χ3v) is 6.14. The highest BCUT2D eigenvalue weighted by atomic mass is 32.2. The summed E-state index contributed by atoms with van der Waals surface area (Å²) in [6.45, 7) is 3.82. The zero-order valence-corrected chi connectivity index (χ0v) is 14.0. The van der Waals surface area contributed by atoms with E-state index in [1.54, 1.807) is 0 Å². The van der Waals surface area contributed by atoms with Crippen molar-refractivity contribution in [1.82, 2.24) is 9.78 Å². The van der Waals surface area contributed by atoms with E-state index in [2.05, 4.69) is 5.10 Å². The lowest BCUT2D eigenvalue weighted by molar-refractivity contribution is 0.503. The Morgan fingerprint density at radius 1 is 1.43 bits per heavy atom. The second-order valence-electron chi connectivity index (χ2n) is 5.97. The van der Waals surface area contributed by atoms with E-state index in [-0.39, 0.29) is 29.2 Å². The molecule has 1 saturated heterocycles. The molecule has 1 fully saturated rings. The fourth-order valence-corrected chi connectivity index (χ4v) is 5.14. The molecule has 0 spiro atoms. The summed E-state index contributed by atoms with van der Waals surface area (Å²) in [4.78, 5) is 0. The van der Waals surface area contributed by atoms with Crippen LogP contribution in [0.2, 0.25) is 0 Å². The predicted octanol–water partition coefficient (Wildman–Crippen LogP) is 0.493. The number of nitrogens with zero attached hydrogens (tertiary/aromatic N) is 2. The summed E-state index contributed by atoms with van der Waals surface area (Å²) in [5.41, 5.74) is 7.23. The molecule has 1 aromatic heterocycles. The maximum Gasteiger partial charge on any atom is 0.153 e. The molecule has 2 rings (SSSR count). The van der Waals surface area contributed by atoms with Crippen molar-refractivity contribution in [3.63, 3.8) is 0 Å². The van der Waals surface area contributed by atoms with E-state index in [9.17, 15) is 16.8 Å². The topological polar surface area (TPSA) is 112 Å². The van der Waals surface area contributed by atoms with Gasteiger partial charge >= 0.3 is 0 Å². The van der Waals surface area contributed by atoms with Crippen molar-refractivity contribution in [1.29, 1.82) is 0 Å². The Labute approximate surface area is 125 Å². The van der Waals surface area contributed by atoms with Gasteiger partial charge in [-0.05, 0) is 12.3 Å². The lowest BCUT2D eigenvalue weighted by atomic mass is 10.0. The molecule has 1 atom stereocenters. The minimum atomic E-state index is -3.23. The first kappa shape index (κ1) is 16.3. The number of hydrogen-bond donors (Lipinski definition) is 1. The first-order valence-corrected chi connectivity index (χ1v) is 10.6. The van der Waals surface area contributed by atoms with Crippen LogP contribution in [0.4, 0.5) is 5.82 Å². The van der Waals surface area contributed by atoms with Crippen LogP contribution in [-0.4, -0.2) is 44.4 Å². The van der Waals surface area contributed by atoms with Crippen LogP contribution in [0, 0.1) is 0 Å². The maximum absolute atomic E-state index is 11.6. The third-order valence-electron chi connectivity index (χ3n) is 3.59. The normalized spacial score (nSPS) is 22.0. The second-order valence-corrected chi connectivity index (χ2v) is 10.3. The number of aromatic nitrogens is 2. The van der Waals surface area contributed by atoms with Gasteiger partial charge in [-0.15, -0.1) is 0 Å². The molecule has 1 aliphatic rings. The molecular formula is C12H21N3O4S2. The number of rotatable bonds is 4. The Morgan fingerprint density at radius 2 is 2.05 bits per heavy atom. The molecule has 1 aliphatic heterocycles. The Kier molecular flexibility index (Phi) is 4.09. The Morgan fingerprint density at radius 3 is 2.48 bits per heavy atom. The molecule has 0 saturated carbocycles. The summed E-state index contributed by atoms with van der Waals surface area (Å²) in [6.07, 6.45) is 1.61. The smallest absolute Gasteiger partial charge is 0.153 e. The van der Waals surface area contributed by atoms with E-state index in [4.69, 9.17) is 5.73 Å². The second kappa shape index (κ2) is 5.28. The van der Waals surface area contributed by atoms with Gasteiger partial charge in [0, 0.05) is 11.8 Å². The number of anilines is 1. The van der Waals surface area contributed by atoms with Crippen LogP contribution in [0.5, 0.6) is 0 Å². The monoisotopic (exact) mass is 335 g/mol. The average molecular weight is 335 g/mol. The highest BCUT2D eigenvalue weighted by Crippen LogP contribution is 2.32. The molecule has 0 amide bonds. The van der Waals surface area contributed by atoms with Gasteiger partial charge in [-0.1, -0.05) is 13.8 Å². The van der Waals surface area contributed by atoms with Crippen molar-refractivity contribution in [2.45, 2.75) is 38.0 Å². The molecule has 21 heavy (non-hydrogen) atoms. The minimum absolute atomic E-state index is 0.00866. The molecule has 7 nitrogen and oxygen atoms in total. The molecule has 9 heteroatoms. The SMILES string of the molecule is CC(C)c1c(CS(C)(=O)=O)nn(C2CCS(=O)(=O)C2)c1N. The quantitative estimate of drug-likeness (QED) is 0.857. The number of sulfone groups is 2. The molecule has 120 valence electrons. The van der Waals surface area contributed by atoms with Crippen molar-refractivity contribution >= 4 is 25.5 Å². The van der Waals surface area contributed by atoms with E-state index < -0.39 is 19.7 Å². The van der Waals surface area contributed by atoms with Gasteiger partial charge in [-0.2, -0.15) is 5.10 Å². The molecule has 1 aromatic rings. The fourth-order valence-electron chi connectivity index (χ4n) is 2.74. The van der Waals surface area contributed by atoms with Crippen LogP contribution < -0.4 is 5.73 Å². The molecule has 2 heterocycles. The average Bonchev–Trinajstić information content (AvgIpc) is 2.77. The minimum Gasteiger partial charge on any atom is -0.384 e. The summed E-state index contributed by atoms with van der Waals surface area (Å²) in [7, 11) is -6.29. The van der Waals surface area contributed by atoms with E-state index in [0.29, 0.717) is 23.5 Å². The van der Waals surface area contributed by atoms with Crippen LogP contribution >= 0.6 is 0 Å². The van der Waals surface area contributed by atoms with Gasteiger partial charge in [0.15, 0.2) is 19.7 Å². The first-order chi connectivity index (χ1) is 9.50. The van der Waals surface area contributed by atoms with Gasteiger partial charge < -0.3 is 5.73 Å². The van der Waals surface area contributed by atoms with Crippen LogP contribution in [0.15, 0.2) is 0 Å². The predicted molar refractivity (Wildman–Crippen MR) is 81.6 cm³/mol. The lowest BCUT2D eigenvalue weighted by Crippen LogP contribution is -2.15. The fraction of sp³-hybridized carbons (Fsp3) is 0.750. The van der Waals surface area contributed by atoms with E-state index in [0.717, 1.165) is 6.26 Å². The van der Waals surface area contributed by atoms with Crippen LogP contribution in [0.1, 0.15) is 43.5 Å². The Bertz CT molecular complexity index is 748. The molecule has 1 unspecified atom stereocenters. The van der Waals surface area contributed by atoms with Crippen molar-refractivity contribution < 1.29 is 16.8 Å². The lowest BCUT2D eigenvalue weighted by Gasteiger charge is -2.11. The Balaban J connectivity index is 2.47. The number of nitrogens with two attached hydrogens (primary N) is 1. The Hall–Kier alpha value is -1.09. The molecule has 0 radical (unpaired) electrons. The van der Waals surface area contributed by atoms with Gasteiger partial charge in [0.05, 0.1) is 29.0 Å². The van der Waals surface area contributed by atoms with Gasteiger partial charge in [0.2, 0.25) is 0 Å². The zero-order valence-electron chi connectivity index (χ0n) is 12.4.